The molecule has 12 heteroatoms. The topological polar surface area (TPSA) is 75.4 Å². The van der Waals surface area contributed by atoms with Crippen LogP contribution in [0.4, 0.5) is 26.4 Å². The highest BCUT2D eigenvalue weighted by Crippen LogP contribution is 2.38. The summed E-state index contributed by atoms with van der Waals surface area (Å²) in [6.07, 6.45) is 5.78. The molecular formula is C28H32ClF2N8P. The Kier molecular flexibility index (Phi) is 8.25. The molecule has 8 nitrogen and oxygen atoms in total. The molecule has 40 heavy (non-hydrogen) atoms. The van der Waals surface area contributed by atoms with E-state index in [4.69, 9.17) is 21.6 Å². The molecule has 2 aliphatic rings. The van der Waals surface area contributed by atoms with Gasteiger partial charge in [0.1, 0.15) is 22.9 Å². The first-order valence-corrected chi connectivity index (χ1v) is 14.2. The molecule has 4 heterocycles. The number of piperazine rings is 1. The van der Waals surface area contributed by atoms with Crippen LogP contribution in [0.3, 0.4) is 0 Å². The summed E-state index contributed by atoms with van der Waals surface area (Å²) >= 11 is 6.12. The molecule has 0 radical (unpaired) electrons. The first kappa shape index (κ1) is 28.3. The number of halogens is 3. The third-order valence-electron chi connectivity index (χ3n) is 7.42. The summed E-state index contributed by atoms with van der Waals surface area (Å²) < 4.78 is 28.8. The number of aromatic nitrogens is 3. The average Bonchev–Trinajstić information content (AvgIpc) is 3.42. The molecule has 210 valence electrons. The maximum atomic E-state index is 14.9. The number of benzene rings is 1. The summed E-state index contributed by atoms with van der Waals surface area (Å²) in [4.78, 5) is 22.4. The van der Waals surface area contributed by atoms with Crippen molar-refractivity contribution in [1.29, 1.82) is 5.26 Å². The van der Waals surface area contributed by atoms with Crippen LogP contribution < -0.4 is 14.7 Å². The number of hydrogen-bond donors (Lipinski definition) is 0. The van der Waals surface area contributed by atoms with Crippen molar-refractivity contribution in [2.75, 3.05) is 61.0 Å². The zero-order valence-corrected chi connectivity index (χ0v) is 24.5. The normalized spacial score (nSPS) is 18.9. The minimum Gasteiger partial charge on any atom is -0.353 e. The van der Waals surface area contributed by atoms with E-state index >= 15 is 0 Å². The summed E-state index contributed by atoms with van der Waals surface area (Å²) in [5, 5.41) is 7.77. The van der Waals surface area contributed by atoms with Gasteiger partial charge in [0.15, 0.2) is 6.19 Å². The highest BCUT2D eigenvalue weighted by Gasteiger charge is 2.31. The first-order chi connectivity index (χ1) is 19.1. The lowest BCUT2D eigenvalue weighted by Gasteiger charge is -2.38. The van der Waals surface area contributed by atoms with E-state index < -0.39 is 11.2 Å². The van der Waals surface area contributed by atoms with Gasteiger partial charge in [-0.15, -0.1) is 0 Å². The van der Waals surface area contributed by atoms with Crippen molar-refractivity contribution in [3.8, 4) is 17.5 Å². The average molecular weight is 585 g/mol. The van der Waals surface area contributed by atoms with Gasteiger partial charge in [-0.25, -0.2) is 18.7 Å². The van der Waals surface area contributed by atoms with Gasteiger partial charge in [-0.1, -0.05) is 26.9 Å². The molecule has 0 spiro atoms. The number of alkyl halides is 1. The molecule has 3 aromatic rings. The highest BCUT2D eigenvalue weighted by molar-refractivity contribution is 7.18. The Bertz CT molecular complexity index is 1400. The van der Waals surface area contributed by atoms with Crippen LogP contribution in [-0.2, 0) is 5.41 Å². The second-order valence-corrected chi connectivity index (χ2v) is 11.9. The van der Waals surface area contributed by atoms with Crippen molar-refractivity contribution in [3.63, 3.8) is 0 Å². The Hall–Kier alpha value is -3.28. The first-order valence-electron chi connectivity index (χ1n) is 13.3. The number of nitrogens with zero attached hydrogens (tertiary/aromatic N) is 8. The van der Waals surface area contributed by atoms with Gasteiger partial charge < -0.3 is 19.6 Å². The second-order valence-electron chi connectivity index (χ2n) is 10.4. The van der Waals surface area contributed by atoms with Crippen molar-refractivity contribution in [3.05, 3.63) is 59.0 Å². The highest BCUT2D eigenvalue weighted by atomic mass is 35.5. The van der Waals surface area contributed by atoms with Crippen molar-refractivity contribution in [2.45, 2.75) is 31.2 Å². The minimum atomic E-state index is -1.58. The predicted molar refractivity (Wildman–Crippen MR) is 158 cm³/mol. The molecule has 2 saturated heterocycles. The summed E-state index contributed by atoms with van der Waals surface area (Å²) in [5.41, 5.74) is 1.88. The summed E-state index contributed by atoms with van der Waals surface area (Å²) in [6, 6.07) is 10.1. The zero-order valence-electron chi connectivity index (χ0n) is 22.6. The van der Waals surface area contributed by atoms with Gasteiger partial charge in [0.25, 0.3) is 0 Å². The maximum Gasteiger partial charge on any atom is 0.228 e. The largest absolute Gasteiger partial charge is 0.353 e. The van der Waals surface area contributed by atoms with E-state index in [2.05, 4.69) is 35.1 Å². The third kappa shape index (κ3) is 6.06. The Balaban J connectivity index is 1.45. The van der Waals surface area contributed by atoms with Gasteiger partial charge in [-0.05, 0) is 44.0 Å². The molecule has 0 saturated carbocycles. The molecule has 3 atom stereocenters. The van der Waals surface area contributed by atoms with Crippen molar-refractivity contribution in [2.24, 2.45) is 0 Å². The van der Waals surface area contributed by atoms with E-state index in [0.29, 0.717) is 61.3 Å². The van der Waals surface area contributed by atoms with Gasteiger partial charge in [-0.3, -0.25) is 0 Å². The lowest BCUT2D eigenvalue weighted by Crippen LogP contribution is -2.48. The maximum absolute atomic E-state index is 14.9. The van der Waals surface area contributed by atoms with E-state index in [1.165, 1.54) is 13.0 Å². The van der Waals surface area contributed by atoms with Crippen molar-refractivity contribution >= 4 is 38.4 Å². The number of pyridine rings is 1. The van der Waals surface area contributed by atoms with Gasteiger partial charge in [0.2, 0.25) is 5.95 Å². The van der Waals surface area contributed by atoms with Crippen molar-refractivity contribution in [1.82, 2.24) is 19.9 Å². The molecule has 0 N–H and O–H groups in total. The van der Waals surface area contributed by atoms with Crippen LogP contribution in [0.15, 0.2) is 42.6 Å². The fourth-order valence-corrected chi connectivity index (χ4v) is 5.75. The fourth-order valence-electron chi connectivity index (χ4n) is 5.34. The Morgan fingerprint density at radius 3 is 2.60 bits per heavy atom. The number of hydrogen-bond acceptors (Lipinski definition) is 8. The number of nitriles is 1. The Morgan fingerprint density at radius 1 is 1.15 bits per heavy atom. The third-order valence-corrected chi connectivity index (χ3v) is 8.02. The van der Waals surface area contributed by atoms with Gasteiger partial charge in [0, 0.05) is 69.7 Å². The molecule has 0 amide bonds. The molecule has 0 aliphatic carbocycles. The minimum absolute atomic E-state index is 0.0302. The van der Waals surface area contributed by atoms with E-state index in [1.807, 2.05) is 6.07 Å². The zero-order chi connectivity index (χ0) is 28.4. The quantitative estimate of drug-likeness (QED) is 0.217. The van der Waals surface area contributed by atoms with Crippen LogP contribution in [0.25, 0.3) is 11.3 Å². The molecule has 2 aliphatic heterocycles. The lowest BCUT2D eigenvalue weighted by molar-refractivity contribution is 0.323. The van der Waals surface area contributed by atoms with E-state index in [1.54, 1.807) is 42.4 Å². The van der Waals surface area contributed by atoms with Gasteiger partial charge in [-0.2, -0.15) is 10.2 Å². The smallest absolute Gasteiger partial charge is 0.228 e. The molecular weight excluding hydrogens is 553 g/mol. The predicted octanol–water partition coefficient (Wildman–Crippen LogP) is 5.06. The SMILES string of the molecule is CN(C#N)CC1CCCN1c1nc(-c2ccc(F)c(Cl)c2)cc(N2CCN(c3ncccc3C(C)(F)P)CC2)n1. The molecule has 2 fully saturated rings. The summed E-state index contributed by atoms with van der Waals surface area (Å²) in [7, 11) is 4.03. The van der Waals surface area contributed by atoms with Crippen LogP contribution in [0, 0.1) is 17.3 Å². The molecule has 2 aromatic heterocycles. The van der Waals surface area contributed by atoms with Crippen LogP contribution in [0.1, 0.15) is 25.3 Å². The van der Waals surface area contributed by atoms with Crippen LogP contribution in [0.2, 0.25) is 5.02 Å². The van der Waals surface area contributed by atoms with Gasteiger partial charge in [0.05, 0.1) is 16.8 Å². The van der Waals surface area contributed by atoms with Crippen LogP contribution in [-0.4, -0.2) is 72.2 Å². The van der Waals surface area contributed by atoms with E-state index in [0.717, 1.165) is 25.2 Å². The Morgan fingerprint density at radius 2 is 1.90 bits per heavy atom. The standard InChI is InChI=1S/C28H32ClF2N8P/c1-28(31,40)21-6-3-9-33-26(21)38-13-11-37(12-14-38)25-16-24(19-7-8-23(30)22(29)15-19)34-27(35-25)39-10-4-5-20(39)17-36(2)18-32/h3,6-9,15-16,20H,4-5,10-14,17,40H2,1-2H3. The molecule has 0 bridgehead atoms. The lowest BCUT2D eigenvalue weighted by atomic mass is 10.1. The second kappa shape index (κ2) is 11.7. The summed E-state index contributed by atoms with van der Waals surface area (Å²) in [6.45, 7) is 5.45. The number of likely N-dealkylation sites (N-methyl/N-ethyl adjacent to an activating group) is 1. The fraction of sp³-hybridized carbons (Fsp3) is 0.429. The molecule has 5 rings (SSSR count). The van der Waals surface area contributed by atoms with Gasteiger partial charge >= 0.3 is 0 Å². The molecule has 3 unspecified atom stereocenters. The number of anilines is 3. The monoisotopic (exact) mass is 584 g/mol. The van der Waals surface area contributed by atoms with Crippen molar-refractivity contribution < 1.29 is 8.78 Å². The number of rotatable bonds is 7. The Labute approximate surface area is 240 Å². The van der Waals surface area contributed by atoms with E-state index in [-0.39, 0.29) is 11.1 Å². The van der Waals surface area contributed by atoms with Crippen LogP contribution in [0.5, 0.6) is 0 Å². The molecule has 1 aromatic carbocycles. The van der Waals surface area contributed by atoms with E-state index in [9.17, 15) is 14.0 Å². The summed E-state index contributed by atoms with van der Waals surface area (Å²) in [5.74, 6) is 1.49. The van der Waals surface area contributed by atoms with Crippen LogP contribution >= 0.6 is 20.8 Å².